The van der Waals surface area contributed by atoms with Crippen molar-refractivity contribution < 1.29 is 14.6 Å². The molecule has 4 heterocycles. The maximum atomic E-state index is 11.2. The second-order valence-electron chi connectivity index (χ2n) is 7.37. The average molecular weight is 316 g/mol. The zero-order valence-electron chi connectivity index (χ0n) is 13.2. The van der Waals surface area contributed by atoms with E-state index in [0.717, 1.165) is 55.7 Å². The molecule has 122 valence electrons. The third-order valence-electron chi connectivity index (χ3n) is 5.90. The molecule has 1 N–H and O–H groups in total. The van der Waals surface area contributed by atoms with Gasteiger partial charge in [0.2, 0.25) is 11.8 Å². The summed E-state index contributed by atoms with van der Waals surface area (Å²) in [6, 6.07) is 0.477. The van der Waals surface area contributed by atoms with Gasteiger partial charge in [0.05, 0.1) is 18.1 Å². The summed E-state index contributed by atoms with van der Waals surface area (Å²) in [7, 11) is 0. The zero-order chi connectivity index (χ0) is 15.8. The monoisotopic (exact) mass is 316 g/mol. The number of hydrogen-bond donors (Lipinski definition) is 1. The van der Waals surface area contributed by atoms with Crippen LogP contribution in [0.15, 0.2) is 0 Å². The van der Waals surface area contributed by atoms with Gasteiger partial charge in [-0.15, -0.1) is 0 Å². The van der Waals surface area contributed by atoms with Gasteiger partial charge in [0.1, 0.15) is 5.82 Å². The summed E-state index contributed by atoms with van der Waals surface area (Å²) >= 11 is 0. The van der Waals surface area contributed by atoms with Gasteiger partial charge < -0.3 is 19.6 Å². The predicted octanol–water partition coefficient (Wildman–Crippen LogP) is 0.921. The smallest absolute Gasteiger partial charge is 0.307 e. The molecule has 0 bridgehead atoms. The molecule has 23 heavy (non-hydrogen) atoms. The minimum Gasteiger partial charge on any atom is -0.481 e. The zero-order valence-corrected chi connectivity index (χ0v) is 13.2. The van der Waals surface area contributed by atoms with Gasteiger partial charge in [-0.1, -0.05) is 0 Å². The molecule has 1 aliphatic carbocycles. The van der Waals surface area contributed by atoms with Crippen molar-refractivity contribution in [2.45, 2.75) is 32.2 Å². The Kier molecular flexibility index (Phi) is 2.49. The molecule has 0 aromatic carbocycles. The number of aliphatic carboxylic acids is 1. The molecular formula is C16H20N4O3. The van der Waals surface area contributed by atoms with Crippen molar-refractivity contribution in [3.05, 3.63) is 5.56 Å². The Hall–Kier alpha value is -2.05. The van der Waals surface area contributed by atoms with Crippen molar-refractivity contribution in [2.24, 2.45) is 11.3 Å². The molecule has 2 saturated heterocycles. The van der Waals surface area contributed by atoms with E-state index in [2.05, 4.69) is 21.7 Å². The fourth-order valence-electron chi connectivity index (χ4n) is 4.14. The summed E-state index contributed by atoms with van der Waals surface area (Å²) in [6.45, 7) is 5.42. The summed E-state index contributed by atoms with van der Waals surface area (Å²) in [6.07, 6.45) is 2.81. The van der Waals surface area contributed by atoms with Gasteiger partial charge in [0, 0.05) is 37.5 Å². The summed E-state index contributed by atoms with van der Waals surface area (Å²) in [5, 5.41) is 9.18. The highest BCUT2D eigenvalue weighted by molar-refractivity contribution is 5.76. The highest BCUT2D eigenvalue weighted by atomic mass is 16.5. The molecule has 1 spiro atoms. The molecule has 4 aliphatic rings. The minimum absolute atomic E-state index is 0.00661. The summed E-state index contributed by atoms with van der Waals surface area (Å²) in [4.78, 5) is 25.0. The number of ether oxygens (including phenoxy) is 1. The molecule has 1 saturated carbocycles. The highest BCUT2D eigenvalue weighted by Crippen LogP contribution is 2.59. The Labute approximate surface area is 134 Å². The summed E-state index contributed by atoms with van der Waals surface area (Å²) in [5.74, 6) is 1.61. The summed E-state index contributed by atoms with van der Waals surface area (Å²) in [5.41, 5.74) is 1.08. The van der Waals surface area contributed by atoms with Crippen molar-refractivity contribution in [1.29, 1.82) is 0 Å². The highest BCUT2D eigenvalue weighted by Gasteiger charge is 2.65. The van der Waals surface area contributed by atoms with Crippen LogP contribution in [0.1, 0.15) is 25.3 Å². The van der Waals surface area contributed by atoms with Crippen LogP contribution in [0.3, 0.4) is 0 Å². The minimum atomic E-state index is -0.656. The van der Waals surface area contributed by atoms with E-state index < -0.39 is 5.97 Å². The Morgan fingerprint density at radius 2 is 2.22 bits per heavy atom. The van der Waals surface area contributed by atoms with Crippen LogP contribution in [-0.4, -0.2) is 53.3 Å². The maximum absolute atomic E-state index is 11.2. The van der Waals surface area contributed by atoms with Gasteiger partial charge in [-0.05, 0) is 19.8 Å². The number of carbonyl (C=O) groups is 1. The van der Waals surface area contributed by atoms with Gasteiger partial charge >= 0.3 is 5.97 Å². The topological polar surface area (TPSA) is 78.8 Å². The van der Waals surface area contributed by atoms with Crippen molar-refractivity contribution in [3.63, 3.8) is 0 Å². The lowest BCUT2D eigenvalue weighted by Crippen LogP contribution is -2.51. The fourth-order valence-corrected chi connectivity index (χ4v) is 4.14. The number of carboxylic acids is 1. The molecule has 0 radical (unpaired) electrons. The van der Waals surface area contributed by atoms with E-state index in [1.54, 1.807) is 0 Å². The molecule has 7 heteroatoms. The number of nitrogens with zero attached hydrogens (tertiary/aromatic N) is 4. The van der Waals surface area contributed by atoms with E-state index in [1.165, 1.54) is 6.42 Å². The molecule has 0 amide bonds. The Balaban J connectivity index is 1.43. The van der Waals surface area contributed by atoms with Gasteiger partial charge in [-0.25, -0.2) is 0 Å². The molecule has 1 aromatic heterocycles. The van der Waals surface area contributed by atoms with Crippen LogP contribution in [0.4, 0.5) is 11.8 Å². The first-order valence-electron chi connectivity index (χ1n) is 8.35. The number of aromatic nitrogens is 2. The van der Waals surface area contributed by atoms with Crippen molar-refractivity contribution >= 4 is 17.7 Å². The molecule has 3 aliphatic heterocycles. The molecular weight excluding hydrogens is 296 g/mol. The normalized spacial score (nSPS) is 29.6. The Morgan fingerprint density at radius 3 is 2.83 bits per heavy atom. The maximum Gasteiger partial charge on any atom is 0.307 e. The van der Waals surface area contributed by atoms with Crippen molar-refractivity contribution in [1.82, 2.24) is 9.97 Å². The number of hydrogen-bond acceptors (Lipinski definition) is 6. The van der Waals surface area contributed by atoms with Gasteiger partial charge in [-0.2, -0.15) is 9.97 Å². The lowest BCUT2D eigenvalue weighted by Gasteiger charge is -2.43. The summed E-state index contributed by atoms with van der Waals surface area (Å²) < 4.78 is 5.68. The van der Waals surface area contributed by atoms with E-state index >= 15 is 0 Å². The third kappa shape index (κ3) is 1.79. The van der Waals surface area contributed by atoms with E-state index in [0.29, 0.717) is 12.6 Å². The number of carboxylic acid groups (broad SMARTS) is 1. The van der Waals surface area contributed by atoms with E-state index in [4.69, 9.17) is 9.72 Å². The molecule has 2 atom stereocenters. The Bertz CT molecular complexity index is 701. The van der Waals surface area contributed by atoms with E-state index in [1.807, 2.05) is 0 Å². The second kappa shape index (κ2) is 4.27. The van der Waals surface area contributed by atoms with Crippen LogP contribution < -0.4 is 14.5 Å². The van der Waals surface area contributed by atoms with Crippen LogP contribution in [-0.2, 0) is 11.2 Å². The second-order valence-corrected chi connectivity index (χ2v) is 7.37. The Morgan fingerprint density at radius 1 is 1.39 bits per heavy atom. The van der Waals surface area contributed by atoms with E-state index in [9.17, 15) is 9.90 Å². The SMILES string of the molecule is C[C@H]1CCN1c1nc2c(c(N3CC4(CC4C(=O)O)C3)n1)CCO2. The first-order chi connectivity index (χ1) is 11.1. The molecule has 1 unspecified atom stereocenters. The molecule has 3 fully saturated rings. The van der Waals surface area contributed by atoms with E-state index in [-0.39, 0.29) is 11.3 Å². The van der Waals surface area contributed by atoms with Crippen LogP contribution in [0, 0.1) is 11.3 Å². The van der Waals surface area contributed by atoms with Gasteiger partial charge in [-0.3, -0.25) is 4.79 Å². The molecule has 1 aromatic rings. The molecule has 5 rings (SSSR count). The lowest BCUT2D eigenvalue weighted by molar-refractivity contribution is -0.139. The fraction of sp³-hybridized carbons (Fsp3) is 0.688. The predicted molar refractivity (Wildman–Crippen MR) is 83.0 cm³/mol. The average Bonchev–Trinajstić information content (AvgIpc) is 3.06. The molecule has 7 nitrogen and oxygen atoms in total. The largest absolute Gasteiger partial charge is 0.481 e. The van der Waals surface area contributed by atoms with Crippen molar-refractivity contribution in [2.75, 3.05) is 36.0 Å². The van der Waals surface area contributed by atoms with Gasteiger partial charge in [0.25, 0.3) is 0 Å². The van der Waals surface area contributed by atoms with Crippen LogP contribution in [0.25, 0.3) is 0 Å². The first-order valence-corrected chi connectivity index (χ1v) is 8.35. The quantitative estimate of drug-likeness (QED) is 0.888. The van der Waals surface area contributed by atoms with Crippen LogP contribution in [0.5, 0.6) is 5.88 Å². The third-order valence-corrected chi connectivity index (χ3v) is 5.90. The first kappa shape index (κ1) is 13.4. The number of rotatable bonds is 3. The van der Waals surface area contributed by atoms with Crippen molar-refractivity contribution in [3.8, 4) is 5.88 Å². The lowest BCUT2D eigenvalue weighted by atomic mass is 9.93. The number of fused-ring (bicyclic) bond motifs is 1. The standard InChI is InChI=1S/C16H20N4O3/c1-9-2-4-20(9)15-17-12(10-3-5-23-13(10)18-15)19-7-16(8-19)6-11(16)14(21)22/h9,11H,2-8H2,1H3,(H,21,22)/t9-,11?/m0/s1. The number of anilines is 2. The van der Waals surface area contributed by atoms with Crippen LogP contribution >= 0.6 is 0 Å². The van der Waals surface area contributed by atoms with Crippen LogP contribution in [0.2, 0.25) is 0 Å². The van der Waals surface area contributed by atoms with Gasteiger partial charge in [0.15, 0.2) is 0 Å².